The fourth-order valence-corrected chi connectivity index (χ4v) is 3.72. The molecule has 0 unspecified atom stereocenters. The van der Waals surface area contributed by atoms with Crippen molar-refractivity contribution < 1.29 is 0 Å². The SMILES string of the molecule is Sc1c(CBr)cc2sccc2c1Br. The van der Waals surface area contributed by atoms with E-state index in [1.54, 1.807) is 11.3 Å². The second-order valence-corrected chi connectivity index (χ2v) is 5.41. The summed E-state index contributed by atoms with van der Waals surface area (Å²) in [6.07, 6.45) is 0. The molecule has 4 heteroatoms. The highest BCUT2D eigenvalue weighted by Crippen LogP contribution is 2.36. The summed E-state index contributed by atoms with van der Waals surface area (Å²) in [6.45, 7) is 0. The van der Waals surface area contributed by atoms with Crippen molar-refractivity contribution in [2.75, 3.05) is 0 Å². The third-order valence-corrected chi connectivity index (χ3v) is 5.00. The van der Waals surface area contributed by atoms with E-state index >= 15 is 0 Å². The van der Waals surface area contributed by atoms with Crippen molar-refractivity contribution in [3.8, 4) is 0 Å². The van der Waals surface area contributed by atoms with Crippen molar-refractivity contribution in [3.63, 3.8) is 0 Å². The van der Waals surface area contributed by atoms with Gasteiger partial charge >= 0.3 is 0 Å². The largest absolute Gasteiger partial charge is 0.144 e. The van der Waals surface area contributed by atoms with Crippen LogP contribution >= 0.6 is 55.8 Å². The molecule has 0 bridgehead atoms. The summed E-state index contributed by atoms with van der Waals surface area (Å²) in [6, 6.07) is 4.30. The molecule has 0 radical (unpaired) electrons. The van der Waals surface area contributed by atoms with Gasteiger partial charge in [-0.3, -0.25) is 0 Å². The Labute approximate surface area is 103 Å². The molecule has 1 heterocycles. The first kappa shape index (κ1) is 10.0. The fourth-order valence-electron chi connectivity index (χ4n) is 1.21. The highest BCUT2D eigenvalue weighted by Gasteiger charge is 2.08. The van der Waals surface area contributed by atoms with E-state index < -0.39 is 0 Å². The number of hydrogen-bond acceptors (Lipinski definition) is 2. The van der Waals surface area contributed by atoms with Crippen molar-refractivity contribution in [2.24, 2.45) is 0 Å². The smallest absolute Gasteiger partial charge is 0.0398 e. The van der Waals surface area contributed by atoms with Crippen LogP contribution in [0.5, 0.6) is 0 Å². The second-order valence-electron chi connectivity index (χ2n) is 2.66. The normalized spacial score (nSPS) is 11.0. The van der Waals surface area contributed by atoms with Gasteiger partial charge in [-0.05, 0) is 39.0 Å². The number of thiol groups is 1. The zero-order valence-electron chi connectivity index (χ0n) is 6.55. The maximum atomic E-state index is 4.47. The van der Waals surface area contributed by atoms with Gasteiger partial charge in [-0.1, -0.05) is 15.9 Å². The third kappa shape index (κ3) is 1.69. The van der Waals surface area contributed by atoms with E-state index in [1.807, 2.05) is 0 Å². The average molecular weight is 338 g/mol. The first-order valence-electron chi connectivity index (χ1n) is 3.67. The summed E-state index contributed by atoms with van der Waals surface area (Å²) in [5.74, 6) is 0. The first-order chi connectivity index (χ1) is 6.24. The van der Waals surface area contributed by atoms with Crippen LogP contribution in [0.2, 0.25) is 0 Å². The van der Waals surface area contributed by atoms with Crippen molar-refractivity contribution in [3.05, 3.63) is 27.5 Å². The van der Waals surface area contributed by atoms with Crippen LogP contribution in [0.1, 0.15) is 5.56 Å². The van der Waals surface area contributed by atoms with Gasteiger partial charge in [-0.25, -0.2) is 0 Å². The Bertz CT molecular complexity index is 448. The third-order valence-electron chi connectivity index (χ3n) is 1.89. The molecule has 0 N–H and O–H groups in total. The van der Waals surface area contributed by atoms with Gasteiger partial charge in [-0.2, -0.15) is 0 Å². The van der Waals surface area contributed by atoms with Gasteiger partial charge in [0.05, 0.1) is 0 Å². The van der Waals surface area contributed by atoms with Gasteiger partial charge in [0.25, 0.3) is 0 Å². The highest BCUT2D eigenvalue weighted by molar-refractivity contribution is 9.10. The molecule has 68 valence electrons. The van der Waals surface area contributed by atoms with Crippen LogP contribution in [-0.2, 0) is 5.33 Å². The number of hydrogen-bond donors (Lipinski definition) is 1. The molecule has 0 saturated heterocycles. The van der Waals surface area contributed by atoms with Gasteiger partial charge in [0.1, 0.15) is 0 Å². The molecule has 0 saturated carbocycles. The molecular weight excluding hydrogens is 332 g/mol. The molecule has 0 aliphatic rings. The van der Waals surface area contributed by atoms with Crippen LogP contribution in [0, 0.1) is 0 Å². The van der Waals surface area contributed by atoms with Crippen LogP contribution in [0.15, 0.2) is 26.9 Å². The lowest BCUT2D eigenvalue weighted by atomic mass is 10.2. The van der Waals surface area contributed by atoms with Crippen LogP contribution < -0.4 is 0 Å². The fraction of sp³-hybridized carbons (Fsp3) is 0.111. The van der Waals surface area contributed by atoms with E-state index in [2.05, 4.69) is 62.0 Å². The monoisotopic (exact) mass is 336 g/mol. The molecule has 0 spiro atoms. The van der Waals surface area contributed by atoms with E-state index in [0.717, 1.165) is 14.7 Å². The maximum Gasteiger partial charge on any atom is 0.0398 e. The number of fused-ring (bicyclic) bond motifs is 1. The summed E-state index contributed by atoms with van der Waals surface area (Å²) in [5.41, 5.74) is 1.23. The minimum atomic E-state index is 0.846. The summed E-state index contributed by atoms with van der Waals surface area (Å²) < 4.78 is 2.41. The van der Waals surface area contributed by atoms with E-state index in [1.165, 1.54) is 15.6 Å². The lowest BCUT2D eigenvalue weighted by Crippen LogP contribution is -1.82. The molecule has 0 atom stereocenters. The summed E-state index contributed by atoms with van der Waals surface area (Å²) >= 11 is 13.2. The Morgan fingerprint density at radius 3 is 2.92 bits per heavy atom. The molecule has 13 heavy (non-hydrogen) atoms. The maximum absolute atomic E-state index is 4.47. The molecule has 0 nitrogen and oxygen atoms in total. The Balaban J connectivity index is 2.83. The van der Waals surface area contributed by atoms with Crippen LogP contribution in [-0.4, -0.2) is 0 Å². The van der Waals surface area contributed by atoms with Gasteiger partial charge in [0.2, 0.25) is 0 Å². The lowest BCUT2D eigenvalue weighted by molar-refractivity contribution is 1.29. The average Bonchev–Trinajstić information content (AvgIpc) is 2.59. The van der Waals surface area contributed by atoms with Gasteiger partial charge in [0.15, 0.2) is 0 Å². The molecule has 1 aromatic heterocycles. The van der Waals surface area contributed by atoms with Crippen LogP contribution in [0.3, 0.4) is 0 Å². The number of halogens is 2. The predicted octanol–water partition coefficient (Wildman–Crippen LogP) is 4.85. The number of thiophene rings is 1. The van der Waals surface area contributed by atoms with Crippen LogP contribution in [0.4, 0.5) is 0 Å². The minimum Gasteiger partial charge on any atom is -0.144 e. The Kier molecular flexibility index (Phi) is 3.03. The van der Waals surface area contributed by atoms with Crippen molar-refractivity contribution in [1.29, 1.82) is 0 Å². The Morgan fingerprint density at radius 1 is 1.46 bits per heavy atom. The van der Waals surface area contributed by atoms with E-state index in [4.69, 9.17) is 0 Å². The number of benzene rings is 1. The summed E-state index contributed by atoms with van der Waals surface area (Å²) in [5, 5.41) is 4.19. The van der Waals surface area contributed by atoms with Gasteiger partial charge in [0, 0.05) is 24.8 Å². The molecule has 0 aliphatic heterocycles. The summed E-state index contributed by atoms with van der Waals surface area (Å²) in [4.78, 5) is 1.03. The quantitative estimate of drug-likeness (QED) is 0.558. The molecule has 0 aliphatic carbocycles. The lowest BCUT2D eigenvalue weighted by Gasteiger charge is -2.04. The molecule has 2 aromatic rings. The van der Waals surface area contributed by atoms with Crippen molar-refractivity contribution in [2.45, 2.75) is 10.2 Å². The van der Waals surface area contributed by atoms with Crippen LogP contribution in [0.25, 0.3) is 10.1 Å². The second kappa shape index (κ2) is 3.93. The standard InChI is InChI=1S/C9H6Br2S2/c10-4-5-3-7-6(1-2-13-7)8(11)9(5)12/h1-3,12H,4H2. The zero-order chi connectivity index (χ0) is 9.42. The molecular formula is C9H6Br2S2. The van der Waals surface area contributed by atoms with Crippen molar-refractivity contribution >= 4 is 65.9 Å². The number of rotatable bonds is 1. The molecule has 2 rings (SSSR count). The van der Waals surface area contributed by atoms with Gasteiger partial charge in [-0.15, -0.1) is 24.0 Å². The predicted molar refractivity (Wildman–Crippen MR) is 69.4 cm³/mol. The zero-order valence-corrected chi connectivity index (χ0v) is 11.4. The summed E-state index contributed by atoms with van der Waals surface area (Å²) in [7, 11) is 0. The van der Waals surface area contributed by atoms with E-state index in [9.17, 15) is 0 Å². The minimum absolute atomic E-state index is 0.846. The number of alkyl halides is 1. The molecule has 1 aromatic carbocycles. The van der Waals surface area contributed by atoms with E-state index in [0.29, 0.717) is 0 Å². The van der Waals surface area contributed by atoms with Crippen molar-refractivity contribution in [1.82, 2.24) is 0 Å². The topological polar surface area (TPSA) is 0 Å². The van der Waals surface area contributed by atoms with Gasteiger partial charge < -0.3 is 0 Å². The first-order valence-corrected chi connectivity index (χ1v) is 6.91. The Morgan fingerprint density at radius 2 is 2.23 bits per heavy atom. The highest BCUT2D eigenvalue weighted by atomic mass is 79.9. The molecule has 0 amide bonds. The Hall–Kier alpha value is 0.490. The molecule has 0 fully saturated rings. The van der Waals surface area contributed by atoms with E-state index in [-0.39, 0.29) is 0 Å².